The fraction of sp³-hybridized carbons (Fsp3) is 0.588. The topological polar surface area (TPSA) is 44.4 Å². The number of hydrogen-bond donors (Lipinski definition) is 2. The molecule has 1 unspecified atom stereocenters. The van der Waals surface area contributed by atoms with Gasteiger partial charge in [-0.05, 0) is 77.0 Å². The minimum absolute atomic E-state index is 0. The summed E-state index contributed by atoms with van der Waals surface area (Å²) in [5.74, 6) is 0.220. The van der Waals surface area contributed by atoms with Gasteiger partial charge in [0.15, 0.2) is 0 Å². The standard InChI is InChI=1S/C17H25ClFN3O.ClH/c1-12(22-9-6-13(7-10-22)5-8-20-2)17(23)21-16-4-3-14(19)11-15(16)18;/h3-4,11-13,20H,5-10H2,1-2H3,(H,21,23);1H. The first-order valence-corrected chi connectivity index (χ1v) is 8.53. The Morgan fingerprint density at radius 3 is 2.67 bits per heavy atom. The molecule has 0 aliphatic carbocycles. The van der Waals surface area contributed by atoms with Gasteiger partial charge in [-0.25, -0.2) is 4.39 Å². The fourth-order valence-electron chi connectivity index (χ4n) is 2.97. The van der Waals surface area contributed by atoms with E-state index in [4.69, 9.17) is 11.6 Å². The highest BCUT2D eigenvalue weighted by Crippen LogP contribution is 2.24. The maximum atomic E-state index is 13.0. The summed E-state index contributed by atoms with van der Waals surface area (Å²) in [5.41, 5.74) is 0.453. The van der Waals surface area contributed by atoms with Crippen LogP contribution in [0.5, 0.6) is 0 Å². The average molecular weight is 378 g/mol. The Morgan fingerprint density at radius 1 is 1.42 bits per heavy atom. The summed E-state index contributed by atoms with van der Waals surface area (Å²) < 4.78 is 13.0. The third-order valence-corrected chi connectivity index (χ3v) is 4.88. The zero-order valence-corrected chi connectivity index (χ0v) is 15.7. The average Bonchev–Trinajstić information content (AvgIpc) is 2.55. The molecule has 1 atom stereocenters. The van der Waals surface area contributed by atoms with Crippen LogP contribution < -0.4 is 10.6 Å². The van der Waals surface area contributed by atoms with Gasteiger partial charge in [0.25, 0.3) is 0 Å². The summed E-state index contributed by atoms with van der Waals surface area (Å²) in [4.78, 5) is 14.6. The minimum Gasteiger partial charge on any atom is -0.323 e. The molecular weight excluding hydrogens is 352 g/mol. The van der Waals surface area contributed by atoms with Crippen molar-refractivity contribution in [2.24, 2.45) is 5.92 Å². The number of rotatable bonds is 6. The van der Waals surface area contributed by atoms with E-state index >= 15 is 0 Å². The van der Waals surface area contributed by atoms with Gasteiger partial charge in [-0.3, -0.25) is 9.69 Å². The molecule has 1 amide bonds. The van der Waals surface area contributed by atoms with Crippen molar-refractivity contribution < 1.29 is 9.18 Å². The van der Waals surface area contributed by atoms with Gasteiger partial charge in [-0.15, -0.1) is 12.4 Å². The highest BCUT2D eigenvalue weighted by molar-refractivity contribution is 6.33. The van der Waals surface area contributed by atoms with Crippen LogP contribution in [0.25, 0.3) is 0 Å². The predicted molar refractivity (Wildman–Crippen MR) is 99.6 cm³/mol. The van der Waals surface area contributed by atoms with E-state index in [1.54, 1.807) is 0 Å². The number of likely N-dealkylation sites (tertiary alicyclic amines) is 1. The highest BCUT2D eigenvalue weighted by Gasteiger charge is 2.26. The molecule has 0 aromatic heterocycles. The van der Waals surface area contributed by atoms with Crippen LogP contribution in [0.3, 0.4) is 0 Å². The lowest BCUT2D eigenvalue weighted by atomic mass is 9.93. The van der Waals surface area contributed by atoms with Crippen LogP contribution in [-0.4, -0.2) is 43.5 Å². The third kappa shape index (κ3) is 5.88. The molecule has 0 radical (unpaired) electrons. The zero-order valence-electron chi connectivity index (χ0n) is 14.1. The van der Waals surface area contributed by atoms with Crippen LogP contribution >= 0.6 is 24.0 Å². The number of carbonyl (C=O) groups is 1. The molecule has 0 saturated carbocycles. The third-order valence-electron chi connectivity index (χ3n) is 4.57. The summed E-state index contributed by atoms with van der Waals surface area (Å²) in [6, 6.07) is 3.77. The van der Waals surface area contributed by atoms with Crippen molar-refractivity contribution in [3.05, 3.63) is 29.0 Å². The molecule has 1 aromatic rings. The van der Waals surface area contributed by atoms with Crippen molar-refractivity contribution in [2.45, 2.75) is 32.2 Å². The molecule has 1 fully saturated rings. The second kappa shape index (κ2) is 10.2. The maximum absolute atomic E-state index is 13.0. The Bertz CT molecular complexity index is 537. The van der Waals surface area contributed by atoms with E-state index in [9.17, 15) is 9.18 Å². The number of piperidine rings is 1. The predicted octanol–water partition coefficient (Wildman–Crippen LogP) is 3.55. The largest absolute Gasteiger partial charge is 0.323 e. The molecule has 0 bridgehead atoms. The molecule has 7 heteroatoms. The summed E-state index contributed by atoms with van der Waals surface area (Å²) in [5, 5.41) is 6.20. The fourth-order valence-corrected chi connectivity index (χ4v) is 3.19. The first-order chi connectivity index (χ1) is 11.0. The van der Waals surface area contributed by atoms with Crippen molar-refractivity contribution in [1.29, 1.82) is 0 Å². The van der Waals surface area contributed by atoms with Crippen molar-refractivity contribution in [2.75, 3.05) is 32.0 Å². The van der Waals surface area contributed by atoms with E-state index < -0.39 is 5.82 Å². The molecule has 2 rings (SSSR count). The minimum atomic E-state index is -0.412. The Morgan fingerprint density at radius 2 is 2.08 bits per heavy atom. The first-order valence-electron chi connectivity index (χ1n) is 8.16. The smallest absolute Gasteiger partial charge is 0.241 e. The molecule has 1 saturated heterocycles. The molecule has 136 valence electrons. The molecule has 24 heavy (non-hydrogen) atoms. The SMILES string of the molecule is CNCCC1CCN(C(C)C(=O)Nc2ccc(F)cc2Cl)CC1.Cl. The van der Waals surface area contributed by atoms with E-state index in [-0.39, 0.29) is 29.4 Å². The zero-order chi connectivity index (χ0) is 16.8. The molecule has 4 nitrogen and oxygen atoms in total. The van der Waals surface area contributed by atoms with Crippen LogP contribution in [0.1, 0.15) is 26.2 Å². The first kappa shape index (κ1) is 21.2. The maximum Gasteiger partial charge on any atom is 0.241 e. The van der Waals surface area contributed by atoms with Crippen molar-refractivity contribution in [3.63, 3.8) is 0 Å². The number of amides is 1. The van der Waals surface area contributed by atoms with E-state index in [0.717, 1.165) is 38.4 Å². The number of anilines is 1. The van der Waals surface area contributed by atoms with E-state index in [0.29, 0.717) is 5.69 Å². The molecular formula is C17H26Cl2FN3O. The van der Waals surface area contributed by atoms with Gasteiger partial charge in [0.05, 0.1) is 16.8 Å². The second-order valence-electron chi connectivity index (χ2n) is 6.16. The van der Waals surface area contributed by atoms with Crippen LogP contribution in [0.15, 0.2) is 18.2 Å². The van der Waals surface area contributed by atoms with E-state index in [1.165, 1.54) is 24.6 Å². The summed E-state index contributed by atoms with van der Waals surface area (Å²) in [7, 11) is 1.97. The quantitative estimate of drug-likeness (QED) is 0.796. The van der Waals surface area contributed by atoms with Gasteiger partial charge < -0.3 is 10.6 Å². The Hall–Kier alpha value is -0.880. The molecule has 0 spiro atoms. The summed E-state index contributed by atoms with van der Waals surface area (Å²) >= 11 is 5.96. The van der Waals surface area contributed by atoms with Crippen molar-refractivity contribution >= 4 is 35.6 Å². The lowest BCUT2D eigenvalue weighted by Gasteiger charge is -2.35. The molecule has 1 aliphatic heterocycles. The number of nitrogens with zero attached hydrogens (tertiary/aromatic N) is 1. The number of nitrogens with one attached hydrogen (secondary N) is 2. The Balaban J connectivity index is 0.00000288. The number of hydrogen-bond acceptors (Lipinski definition) is 3. The summed E-state index contributed by atoms with van der Waals surface area (Å²) in [6.07, 6.45) is 3.43. The lowest BCUT2D eigenvalue weighted by molar-refractivity contribution is -0.121. The van der Waals surface area contributed by atoms with Crippen LogP contribution in [0, 0.1) is 11.7 Å². The van der Waals surface area contributed by atoms with Crippen molar-refractivity contribution in [1.82, 2.24) is 10.2 Å². The summed E-state index contributed by atoms with van der Waals surface area (Å²) in [6.45, 7) is 4.81. The number of carbonyl (C=O) groups excluding carboxylic acids is 1. The second-order valence-corrected chi connectivity index (χ2v) is 6.57. The van der Waals surface area contributed by atoms with Crippen LogP contribution in [0.2, 0.25) is 5.02 Å². The van der Waals surface area contributed by atoms with Gasteiger partial charge >= 0.3 is 0 Å². The van der Waals surface area contributed by atoms with Crippen LogP contribution in [-0.2, 0) is 4.79 Å². The van der Waals surface area contributed by atoms with E-state index in [2.05, 4.69) is 15.5 Å². The Kier molecular flexibility index (Phi) is 8.98. The van der Waals surface area contributed by atoms with E-state index in [1.807, 2.05) is 14.0 Å². The highest BCUT2D eigenvalue weighted by atomic mass is 35.5. The Labute approximate surface area is 154 Å². The normalized spacial score (nSPS) is 17.2. The molecule has 1 aromatic carbocycles. The number of halogens is 3. The number of benzene rings is 1. The molecule has 2 N–H and O–H groups in total. The van der Waals surface area contributed by atoms with Gasteiger partial charge in [-0.2, -0.15) is 0 Å². The van der Waals surface area contributed by atoms with Crippen molar-refractivity contribution in [3.8, 4) is 0 Å². The van der Waals surface area contributed by atoms with Gasteiger partial charge in [0.1, 0.15) is 5.82 Å². The monoisotopic (exact) mass is 377 g/mol. The van der Waals surface area contributed by atoms with Gasteiger partial charge in [0, 0.05) is 0 Å². The molecule has 1 heterocycles. The lowest BCUT2D eigenvalue weighted by Crippen LogP contribution is -2.46. The molecule has 1 aliphatic rings. The van der Waals surface area contributed by atoms with Crippen LogP contribution in [0.4, 0.5) is 10.1 Å². The van der Waals surface area contributed by atoms with Gasteiger partial charge in [0.2, 0.25) is 5.91 Å². The van der Waals surface area contributed by atoms with Gasteiger partial charge in [-0.1, -0.05) is 11.6 Å².